The van der Waals surface area contributed by atoms with Gasteiger partial charge in [0.1, 0.15) is 34.7 Å². The minimum absolute atomic E-state index is 0.0480. The van der Waals surface area contributed by atoms with Gasteiger partial charge in [-0.25, -0.2) is 4.39 Å². The Balaban J connectivity index is 1.36. The first-order chi connectivity index (χ1) is 23.8. The van der Waals surface area contributed by atoms with Gasteiger partial charge in [-0.05, 0) is 53.6 Å². The standard InChI is InChI=1S/C36H35FN4O8/c1-45-31-17-25-9-7-23(31)18-38-32(42)20-48-24-6-4-5-21(15-24)22-8-11-28(37)27(16-22)34(43)39-29-19-41(14-13-30(29)49-25)36(44)26-10-12-33(46-2)40-35(26)47-3/h4-12,15-17,29-30H,13-14,18-20H2,1-3H3,(H,38,42)(H,39,43)/t29-,30+/m1/s1. The number of likely N-dealkylation sites (tertiary alicyclic amines) is 1. The van der Waals surface area contributed by atoms with Crippen LogP contribution in [0.25, 0.3) is 11.1 Å². The SMILES string of the molecule is COc1ccc(C(=O)N2CC[C@@H]3Oc4ccc(c(OC)c4)CNC(=O)COc4cccc(c4)-c4ccc(F)c(c4)C(=O)N[C@@H]3C2)c(OC)n1. The molecule has 4 heterocycles. The van der Waals surface area contributed by atoms with Gasteiger partial charge in [-0.15, -0.1) is 0 Å². The lowest BCUT2D eigenvalue weighted by Gasteiger charge is -2.39. The van der Waals surface area contributed by atoms with Crippen molar-refractivity contribution in [1.82, 2.24) is 20.5 Å². The van der Waals surface area contributed by atoms with Gasteiger partial charge in [0.25, 0.3) is 17.7 Å². The molecule has 3 aliphatic rings. The molecule has 0 radical (unpaired) electrons. The van der Waals surface area contributed by atoms with Crippen molar-refractivity contribution in [1.29, 1.82) is 0 Å². The van der Waals surface area contributed by atoms with E-state index in [4.69, 9.17) is 23.7 Å². The van der Waals surface area contributed by atoms with Crippen LogP contribution in [0.5, 0.6) is 29.0 Å². The number of carbonyl (C=O) groups excluding carboxylic acids is 3. The van der Waals surface area contributed by atoms with Crippen molar-refractivity contribution in [3.05, 3.63) is 95.3 Å². The first-order valence-electron chi connectivity index (χ1n) is 15.6. The van der Waals surface area contributed by atoms with E-state index in [9.17, 15) is 14.4 Å². The number of ether oxygens (including phenoxy) is 5. The highest BCUT2D eigenvalue weighted by molar-refractivity contribution is 5.97. The van der Waals surface area contributed by atoms with E-state index in [1.54, 1.807) is 65.6 Å². The monoisotopic (exact) mass is 670 g/mol. The molecule has 3 amide bonds. The number of hydrogen-bond donors (Lipinski definition) is 2. The molecule has 6 bridgehead atoms. The second kappa shape index (κ2) is 14.5. The fourth-order valence-electron chi connectivity index (χ4n) is 5.82. The van der Waals surface area contributed by atoms with E-state index >= 15 is 4.39 Å². The quantitative estimate of drug-likeness (QED) is 0.330. The topological polar surface area (TPSA) is 138 Å². The Bertz CT molecular complexity index is 1890. The Morgan fingerprint density at radius 1 is 0.939 bits per heavy atom. The second-order valence-corrected chi connectivity index (χ2v) is 11.4. The van der Waals surface area contributed by atoms with Crippen molar-refractivity contribution in [3.63, 3.8) is 0 Å². The van der Waals surface area contributed by atoms with Crippen molar-refractivity contribution in [2.75, 3.05) is 41.0 Å². The summed E-state index contributed by atoms with van der Waals surface area (Å²) in [5.41, 5.74) is 1.96. The average molecular weight is 671 g/mol. The van der Waals surface area contributed by atoms with Gasteiger partial charge in [0.2, 0.25) is 11.8 Å². The minimum Gasteiger partial charge on any atom is -0.496 e. The lowest BCUT2D eigenvalue weighted by Crippen LogP contribution is -2.58. The summed E-state index contributed by atoms with van der Waals surface area (Å²) >= 11 is 0. The molecule has 0 spiro atoms. The number of rotatable bonds is 4. The van der Waals surface area contributed by atoms with Crippen molar-refractivity contribution < 1.29 is 42.5 Å². The van der Waals surface area contributed by atoms with E-state index in [2.05, 4.69) is 15.6 Å². The first-order valence-corrected chi connectivity index (χ1v) is 15.6. The molecule has 0 aliphatic carbocycles. The molecular formula is C36H35FN4O8. The van der Waals surface area contributed by atoms with Gasteiger partial charge in [-0.3, -0.25) is 14.4 Å². The maximum Gasteiger partial charge on any atom is 0.259 e. The zero-order chi connectivity index (χ0) is 34.5. The highest BCUT2D eigenvalue weighted by atomic mass is 19.1. The highest BCUT2D eigenvalue weighted by Gasteiger charge is 2.36. The molecule has 254 valence electrons. The molecule has 49 heavy (non-hydrogen) atoms. The normalized spacial score (nSPS) is 17.8. The molecular weight excluding hydrogens is 635 g/mol. The van der Waals surface area contributed by atoms with E-state index in [0.717, 1.165) is 0 Å². The Hall–Kier alpha value is -5.85. The number of aromatic nitrogens is 1. The van der Waals surface area contributed by atoms with Crippen LogP contribution in [0.2, 0.25) is 0 Å². The van der Waals surface area contributed by atoms with Crippen molar-refractivity contribution in [2.24, 2.45) is 0 Å². The summed E-state index contributed by atoms with van der Waals surface area (Å²) in [6, 6.07) is 18.8. The lowest BCUT2D eigenvalue weighted by atomic mass is 9.99. The summed E-state index contributed by atoms with van der Waals surface area (Å²) in [6.07, 6.45) is -0.275. The molecule has 0 saturated carbocycles. The molecule has 12 nitrogen and oxygen atoms in total. The number of piperidine rings is 1. The van der Waals surface area contributed by atoms with Gasteiger partial charge < -0.3 is 39.2 Å². The molecule has 1 aromatic heterocycles. The molecule has 3 aromatic carbocycles. The van der Waals surface area contributed by atoms with E-state index in [1.165, 1.54) is 33.5 Å². The molecule has 3 aliphatic heterocycles. The summed E-state index contributed by atoms with van der Waals surface area (Å²) in [5, 5.41) is 5.77. The van der Waals surface area contributed by atoms with Crippen LogP contribution in [-0.2, 0) is 11.3 Å². The largest absolute Gasteiger partial charge is 0.496 e. The van der Waals surface area contributed by atoms with E-state index in [1.807, 2.05) is 0 Å². The number of hydrogen-bond acceptors (Lipinski definition) is 9. The number of nitrogens with zero attached hydrogens (tertiary/aromatic N) is 2. The predicted octanol–water partition coefficient (Wildman–Crippen LogP) is 4.01. The van der Waals surface area contributed by atoms with Crippen LogP contribution in [0.15, 0.2) is 72.8 Å². The first kappa shape index (κ1) is 33.1. The zero-order valence-corrected chi connectivity index (χ0v) is 27.2. The summed E-state index contributed by atoms with van der Waals surface area (Å²) in [6.45, 7) is 0.294. The van der Waals surface area contributed by atoms with E-state index < -0.39 is 23.9 Å². The predicted molar refractivity (Wildman–Crippen MR) is 176 cm³/mol. The number of benzene rings is 3. The average Bonchev–Trinajstić information content (AvgIpc) is 3.13. The van der Waals surface area contributed by atoms with Crippen LogP contribution >= 0.6 is 0 Å². The van der Waals surface area contributed by atoms with Gasteiger partial charge in [-0.2, -0.15) is 4.98 Å². The fraction of sp³-hybridized carbons (Fsp3) is 0.278. The fourth-order valence-corrected chi connectivity index (χ4v) is 5.82. The van der Waals surface area contributed by atoms with Crippen LogP contribution in [0.3, 0.4) is 0 Å². The Kier molecular flexibility index (Phi) is 9.79. The summed E-state index contributed by atoms with van der Waals surface area (Å²) in [5.74, 6) is -0.367. The summed E-state index contributed by atoms with van der Waals surface area (Å²) in [4.78, 5) is 46.0. The van der Waals surface area contributed by atoms with Gasteiger partial charge in [0.05, 0.1) is 32.9 Å². The summed E-state index contributed by atoms with van der Waals surface area (Å²) in [7, 11) is 4.38. The number of halogens is 1. The molecule has 1 saturated heterocycles. The Labute approximate surface area is 282 Å². The third-order valence-corrected chi connectivity index (χ3v) is 8.39. The molecule has 13 heteroatoms. The molecule has 1 fully saturated rings. The molecule has 0 unspecified atom stereocenters. The smallest absolute Gasteiger partial charge is 0.259 e. The summed E-state index contributed by atoms with van der Waals surface area (Å²) < 4.78 is 43.5. The van der Waals surface area contributed by atoms with Crippen LogP contribution in [0.4, 0.5) is 4.39 Å². The number of amides is 3. The Morgan fingerprint density at radius 3 is 2.57 bits per heavy atom. The molecule has 2 atom stereocenters. The molecule has 2 N–H and O–H groups in total. The van der Waals surface area contributed by atoms with Crippen LogP contribution in [-0.4, -0.2) is 80.8 Å². The van der Waals surface area contributed by atoms with Crippen LogP contribution < -0.4 is 34.3 Å². The second-order valence-electron chi connectivity index (χ2n) is 11.4. The van der Waals surface area contributed by atoms with Crippen LogP contribution in [0.1, 0.15) is 32.7 Å². The molecule has 7 rings (SSSR count). The van der Waals surface area contributed by atoms with Crippen molar-refractivity contribution in [2.45, 2.75) is 25.1 Å². The number of carbonyl (C=O) groups is 3. The van der Waals surface area contributed by atoms with E-state index in [0.29, 0.717) is 40.4 Å². The minimum atomic E-state index is -0.752. The number of methoxy groups -OCH3 is 3. The maximum atomic E-state index is 15.3. The number of nitrogens with one attached hydrogen (secondary N) is 2. The third-order valence-electron chi connectivity index (χ3n) is 8.39. The van der Waals surface area contributed by atoms with Gasteiger partial charge >= 0.3 is 0 Å². The molecule has 4 aromatic rings. The highest BCUT2D eigenvalue weighted by Crippen LogP contribution is 2.30. The van der Waals surface area contributed by atoms with Crippen molar-refractivity contribution >= 4 is 17.7 Å². The van der Waals surface area contributed by atoms with Gasteiger partial charge in [0, 0.05) is 43.8 Å². The maximum absolute atomic E-state index is 15.3. The van der Waals surface area contributed by atoms with Gasteiger partial charge in [0.15, 0.2) is 6.61 Å². The Morgan fingerprint density at radius 2 is 1.78 bits per heavy atom. The van der Waals surface area contributed by atoms with Crippen LogP contribution in [0, 0.1) is 5.82 Å². The number of fused-ring (bicyclic) bond motifs is 7. The third kappa shape index (κ3) is 7.35. The van der Waals surface area contributed by atoms with Crippen molar-refractivity contribution in [3.8, 4) is 40.1 Å². The lowest BCUT2D eigenvalue weighted by molar-refractivity contribution is -0.123. The zero-order valence-electron chi connectivity index (χ0n) is 27.2. The number of pyridine rings is 1. The van der Waals surface area contributed by atoms with Gasteiger partial charge in [-0.1, -0.05) is 18.2 Å². The van der Waals surface area contributed by atoms with E-state index in [-0.39, 0.29) is 60.9 Å².